The maximum atomic E-state index is 3.48. The van der Waals surface area contributed by atoms with E-state index >= 15 is 0 Å². The molecule has 1 N–H and O–H groups in total. The molecule has 136 valence electrons. The normalized spacial score (nSPS) is 9.78. The van der Waals surface area contributed by atoms with Crippen LogP contribution in [0.25, 0.3) is 0 Å². The number of allylic oxidation sites excluding steroid dienone is 1. The molecule has 0 aliphatic heterocycles. The second-order valence-electron chi connectivity index (χ2n) is 4.72. The van der Waals surface area contributed by atoms with Crippen LogP contribution in [0.5, 0.6) is 0 Å². The van der Waals surface area contributed by atoms with Gasteiger partial charge in [0.15, 0.2) is 0 Å². The second kappa shape index (κ2) is 20.7. The molecule has 2 nitrogen and oxygen atoms in total. The van der Waals surface area contributed by atoms with Crippen molar-refractivity contribution in [1.29, 1.82) is 0 Å². The predicted octanol–water partition coefficient (Wildman–Crippen LogP) is 6.45. The molecule has 0 fully saturated rings. The molecule has 23 heavy (non-hydrogen) atoms. The van der Waals surface area contributed by atoms with Gasteiger partial charge in [-0.05, 0) is 44.5 Å². The van der Waals surface area contributed by atoms with Crippen molar-refractivity contribution < 1.29 is 0 Å². The van der Waals surface area contributed by atoms with Gasteiger partial charge in [0.05, 0.1) is 0 Å². The van der Waals surface area contributed by atoms with E-state index in [4.69, 9.17) is 0 Å². The van der Waals surface area contributed by atoms with Gasteiger partial charge in [-0.3, -0.25) is 0 Å². The Morgan fingerprint density at radius 3 is 1.83 bits per heavy atom. The molecule has 0 aromatic heterocycles. The minimum absolute atomic E-state index is 0.426. The monoisotopic (exact) mass is 322 g/mol. The van der Waals surface area contributed by atoms with Crippen LogP contribution in [0.15, 0.2) is 36.9 Å². The van der Waals surface area contributed by atoms with E-state index in [9.17, 15) is 0 Å². The second-order valence-corrected chi connectivity index (χ2v) is 4.72. The Labute approximate surface area is 147 Å². The molecule has 0 saturated heterocycles. The van der Waals surface area contributed by atoms with Crippen molar-refractivity contribution in [2.75, 3.05) is 25.5 Å². The molecule has 0 aliphatic rings. The third kappa shape index (κ3) is 14.1. The molecular weight excluding hydrogens is 280 g/mol. The molecule has 1 aromatic rings. The summed E-state index contributed by atoms with van der Waals surface area (Å²) in [7, 11) is 4.13. The lowest BCUT2D eigenvalue weighted by atomic mass is 10.1. The number of nitrogens with zero attached hydrogens (tertiary/aromatic N) is 1. The molecule has 2 heteroatoms. The highest BCUT2D eigenvalue weighted by molar-refractivity contribution is 5.47. The van der Waals surface area contributed by atoms with Crippen LogP contribution in [0.3, 0.4) is 0 Å². The molecule has 1 aromatic carbocycles. The van der Waals surface area contributed by atoms with Crippen LogP contribution in [0.1, 0.15) is 72.9 Å². The number of hydrogen-bond acceptors (Lipinski definition) is 2. The standard InChI is InChI=1S/C13H22N2.C4H8.2C2H6/c1-5-10-15(4)13-8-6-12(7-9-13)11(2)14-3;1-3-4-2;2*1-2/h6-9,11,14H,5,10H2,1-4H3;3H,1,4H2,2H3;2*1-2H3. The van der Waals surface area contributed by atoms with Crippen molar-refractivity contribution >= 4 is 5.69 Å². The van der Waals surface area contributed by atoms with Gasteiger partial charge in [-0.15, -0.1) is 6.58 Å². The van der Waals surface area contributed by atoms with Crippen LogP contribution < -0.4 is 10.2 Å². The topological polar surface area (TPSA) is 15.3 Å². The third-order valence-electron chi connectivity index (χ3n) is 3.11. The van der Waals surface area contributed by atoms with Crippen LogP contribution in [0.4, 0.5) is 5.69 Å². The summed E-state index contributed by atoms with van der Waals surface area (Å²) in [6.45, 7) is 19.0. The summed E-state index contributed by atoms with van der Waals surface area (Å²) in [6.07, 6.45) is 4.14. The molecule has 0 bridgehead atoms. The van der Waals surface area contributed by atoms with Crippen molar-refractivity contribution in [2.45, 2.75) is 67.3 Å². The Hall–Kier alpha value is -1.28. The van der Waals surface area contributed by atoms with E-state index in [1.54, 1.807) is 0 Å². The SMILES string of the molecule is C=CCC.CC.CC.CCCN(C)c1ccc(C(C)NC)cc1. The zero-order chi connectivity index (χ0) is 18.7. The van der Waals surface area contributed by atoms with E-state index < -0.39 is 0 Å². The van der Waals surface area contributed by atoms with Gasteiger partial charge in [0, 0.05) is 25.3 Å². The number of rotatable bonds is 6. The molecular formula is C21H42N2. The average molecular weight is 323 g/mol. The first-order chi connectivity index (χ1) is 11.1. The van der Waals surface area contributed by atoms with E-state index in [2.05, 4.69) is 68.9 Å². The quantitative estimate of drug-likeness (QED) is 0.605. The molecule has 1 rings (SSSR count). The van der Waals surface area contributed by atoms with Gasteiger partial charge in [-0.2, -0.15) is 0 Å². The summed E-state index contributed by atoms with van der Waals surface area (Å²) < 4.78 is 0. The highest BCUT2D eigenvalue weighted by Gasteiger charge is 2.03. The molecule has 0 radical (unpaired) electrons. The van der Waals surface area contributed by atoms with Crippen LogP contribution in [-0.2, 0) is 0 Å². The molecule has 0 heterocycles. The summed E-state index contributed by atoms with van der Waals surface area (Å²) in [5.41, 5.74) is 2.63. The minimum Gasteiger partial charge on any atom is -0.375 e. The summed E-state index contributed by atoms with van der Waals surface area (Å²) in [5.74, 6) is 0. The Balaban J connectivity index is -0.000000426. The smallest absolute Gasteiger partial charge is 0.0363 e. The fourth-order valence-corrected chi connectivity index (χ4v) is 1.65. The Morgan fingerprint density at radius 2 is 1.52 bits per heavy atom. The molecule has 1 atom stereocenters. The third-order valence-corrected chi connectivity index (χ3v) is 3.11. The van der Waals surface area contributed by atoms with E-state index in [1.807, 2.05) is 40.8 Å². The van der Waals surface area contributed by atoms with E-state index in [1.165, 1.54) is 17.7 Å². The fraction of sp³-hybridized carbons (Fsp3) is 0.619. The lowest BCUT2D eigenvalue weighted by molar-refractivity contribution is 0.652. The fourth-order valence-electron chi connectivity index (χ4n) is 1.65. The predicted molar refractivity (Wildman–Crippen MR) is 111 cm³/mol. The van der Waals surface area contributed by atoms with Crippen molar-refractivity contribution in [3.05, 3.63) is 42.5 Å². The van der Waals surface area contributed by atoms with Crippen LogP contribution in [0, 0.1) is 0 Å². The van der Waals surface area contributed by atoms with Gasteiger partial charge in [0.2, 0.25) is 0 Å². The first-order valence-electron chi connectivity index (χ1n) is 9.19. The lowest BCUT2D eigenvalue weighted by Crippen LogP contribution is -2.18. The van der Waals surface area contributed by atoms with Crippen molar-refractivity contribution in [3.63, 3.8) is 0 Å². The molecule has 0 amide bonds. The molecule has 0 saturated carbocycles. The van der Waals surface area contributed by atoms with Crippen molar-refractivity contribution in [3.8, 4) is 0 Å². The minimum atomic E-state index is 0.426. The highest BCUT2D eigenvalue weighted by Crippen LogP contribution is 2.18. The van der Waals surface area contributed by atoms with Crippen LogP contribution in [0.2, 0.25) is 0 Å². The summed E-state index contributed by atoms with van der Waals surface area (Å²) >= 11 is 0. The van der Waals surface area contributed by atoms with Crippen molar-refractivity contribution in [2.24, 2.45) is 0 Å². The molecule has 0 aliphatic carbocycles. The largest absolute Gasteiger partial charge is 0.375 e. The zero-order valence-corrected chi connectivity index (χ0v) is 17.2. The van der Waals surface area contributed by atoms with E-state index in [0.717, 1.165) is 13.0 Å². The van der Waals surface area contributed by atoms with Crippen molar-refractivity contribution in [1.82, 2.24) is 5.32 Å². The number of hydrogen-bond donors (Lipinski definition) is 1. The number of nitrogens with one attached hydrogen (secondary N) is 1. The highest BCUT2D eigenvalue weighted by atomic mass is 15.1. The average Bonchev–Trinajstić information content (AvgIpc) is 2.65. The van der Waals surface area contributed by atoms with Gasteiger partial charge in [-0.1, -0.05) is 59.8 Å². The van der Waals surface area contributed by atoms with Gasteiger partial charge in [-0.25, -0.2) is 0 Å². The molecule has 1 unspecified atom stereocenters. The maximum Gasteiger partial charge on any atom is 0.0363 e. The maximum absolute atomic E-state index is 3.48. The van der Waals surface area contributed by atoms with Gasteiger partial charge >= 0.3 is 0 Å². The summed E-state index contributed by atoms with van der Waals surface area (Å²) in [6, 6.07) is 9.21. The first kappa shape index (κ1) is 26.6. The van der Waals surface area contributed by atoms with Crippen LogP contribution in [-0.4, -0.2) is 20.6 Å². The van der Waals surface area contributed by atoms with E-state index in [-0.39, 0.29) is 0 Å². The summed E-state index contributed by atoms with van der Waals surface area (Å²) in [5, 5.41) is 3.24. The van der Waals surface area contributed by atoms with Gasteiger partial charge in [0.25, 0.3) is 0 Å². The number of benzene rings is 1. The Morgan fingerprint density at radius 1 is 1.09 bits per heavy atom. The zero-order valence-electron chi connectivity index (χ0n) is 17.2. The van der Waals surface area contributed by atoms with E-state index in [0.29, 0.717) is 6.04 Å². The first-order valence-corrected chi connectivity index (χ1v) is 9.19. The van der Waals surface area contributed by atoms with Crippen LogP contribution >= 0.6 is 0 Å². The Bertz CT molecular complexity index is 330. The Kier molecular flexibility index (Phi) is 24.0. The lowest BCUT2D eigenvalue weighted by Gasteiger charge is -2.19. The summed E-state index contributed by atoms with van der Waals surface area (Å²) in [4.78, 5) is 2.29. The van der Waals surface area contributed by atoms with Gasteiger partial charge < -0.3 is 10.2 Å². The number of anilines is 1. The molecule has 0 spiro atoms. The van der Waals surface area contributed by atoms with Gasteiger partial charge in [0.1, 0.15) is 0 Å².